The number of aliphatic imine (C=N–C) groups is 1. The number of allylic oxidation sites excluding steroid dienone is 2. The summed E-state index contributed by atoms with van der Waals surface area (Å²) >= 11 is 1.53. The van der Waals surface area contributed by atoms with Gasteiger partial charge in [0.2, 0.25) is 0 Å². The fourth-order valence-electron chi connectivity index (χ4n) is 3.04. The van der Waals surface area contributed by atoms with Crippen LogP contribution >= 0.6 is 11.3 Å². The standard InChI is InChI=1S/C23H21N3O3S/c1-23(2,3)29-22(28)26-20(25-19(21(26)27)12-15-10-11-30-14-15)9-8-16-13-24-18-7-5-4-6-17(16)18/h4-14,25H,1-3H3/b16-8+,19-12-,20-9-. The molecule has 6 nitrogen and oxygen atoms in total. The summed E-state index contributed by atoms with van der Waals surface area (Å²) in [4.78, 5) is 33.2. The molecular formula is C23H21N3O3S. The average molecular weight is 420 g/mol. The van der Waals surface area contributed by atoms with E-state index >= 15 is 0 Å². The fourth-order valence-corrected chi connectivity index (χ4v) is 3.66. The minimum atomic E-state index is -0.724. The summed E-state index contributed by atoms with van der Waals surface area (Å²) in [5.41, 5.74) is 2.82. The molecule has 0 aliphatic carbocycles. The minimum Gasteiger partial charge on any atom is -0.443 e. The highest BCUT2D eigenvalue weighted by atomic mass is 32.1. The number of hydrogen-bond acceptors (Lipinski definition) is 5. The number of hydrogen-bond donors (Lipinski definition) is 1. The second-order valence-electron chi connectivity index (χ2n) is 7.81. The van der Waals surface area contributed by atoms with Crippen molar-refractivity contribution in [3.05, 3.63) is 79.5 Å². The van der Waals surface area contributed by atoms with Gasteiger partial charge in [-0.2, -0.15) is 15.9 Å². The van der Waals surface area contributed by atoms with Gasteiger partial charge >= 0.3 is 6.09 Å². The van der Waals surface area contributed by atoms with E-state index in [1.807, 2.05) is 47.2 Å². The van der Waals surface area contributed by atoms with Crippen molar-refractivity contribution in [2.75, 3.05) is 0 Å². The number of ether oxygens (including phenoxy) is 1. The molecule has 3 heterocycles. The zero-order chi connectivity index (χ0) is 21.3. The van der Waals surface area contributed by atoms with Crippen molar-refractivity contribution in [2.24, 2.45) is 4.99 Å². The smallest absolute Gasteiger partial charge is 0.423 e. The lowest BCUT2D eigenvalue weighted by molar-refractivity contribution is 0.0526. The van der Waals surface area contributed by atoms with Gasteiger partial charge in [-0.15, -0.1) is 0 Å². The summed E-state index contributed by atoms with van der Waals surface area (Å²) in [6, 6.07) is 9.69. The molecule has 0 amide bonds. The Kier molecular flexibility index (Phi) is 5.13. The Morgan fingerprint density at radius 3 is 2.73 bits per heavy atom. The number of carbonyl (C=O) groups excluding carboxylic acids is 1. The first-order valence-electron chi connectivity index (χ1n) is 9.46. The third-order valence-corrected chi connectivity index (χ3v) is 5.05. The topological polar surface area (TPSA) is 76.5 Å². The molecule has 0 radical (unpaired) electrons. The van der Waals surface area contributed by atoms with Crippen molar-refractivity contribution in [1.82, 2.24) is 9.55 Å². The highest BCUT2D eigenvalue weighted by Crippen LogP contribution is 2.30. The van der Waals surface area contributed by atoms with Gasteiger partial charge in [0.1, 0.15) is 16.4 Å². The molecule has 0 unspecified atom stereocenters. The van der Waals surface area contributed by atoms with Crippen molar-refractivity contribution < 1.29 is 9.53 Å². The number of aromatic amines is 1. The molecule has 0 spiro atoms. The van der Waals surface area contributed by atoms with Gasteiger partial charge in [0, 0.05) is 17.4 Å². The minimum absolute atomic E-state index is 0.310. The second-order valence-corrected chi connectivity index (χ2v) is 8.59. The Labute approximate surface area is 177 Å². The molecular weight excluding hydrogens is 398 g/mol. The SMILES string of the molecule is CC(C)(C)OC(=O)n1c(=O)/c(=C/c2ccsc2)[nH]/c1=C/C=C1\C=Nc2ccccc21. The quantitative estimate of drug-likeness (QED) is 0.691. The molecule has 0 saturated carbocycles. The van der Waals surface area contributed by atoms with Crippen molar-refractivity contribution >= 4 is 47.1 Å². The van der Waals surface area contributed by atoms with E-state index < -0.39 is 17.3 Å². The first kappa shape index (κ1) is 19.8. The lowest BCUT2D eigenvalue weighted by atomic mass is 10.1. The number of nitrogens with zero attached hydrogens (tertiary/aromatic N) is 2. The van der Waals surface area contributed by atoms with Crippen LogP contribution in [0.2, 0.25) is 0 Å². The molecule has 0 atom stereocenters. The Bertz CT molecular complexity index is 1330. The molecule has 0 bridgehead atoms. The van der Waals surface area contributed by atoms with Crippen LogP contribution in [0.3, 0.4) is 0 Å². The molecule has 1 aliphatic rings. The third kappa shape index (κ3) is 4.11. The van der Waals surface area contributed by atoms with E-state index in [9.17, 15) is 9.59 Å². The highest BCUT2D eigenvalue weighted by molar-refractivity contribution is 7.08. The second kappa shape index (κ2) is 7.76. The molecule has 4 rings (SSSR count). The molecule has 7 heteroatoms. The molecule has 152 valence electrons. The summed E-state index contributed by atoms with van der Waals surface area (Å²) in [7, 11) is 0. The average Bonchev–Trinajstić information content (AvgIpc) is 3.39. The molecule has 30 heavy (non-hydrogen) atoms. The molecule has 2 aromatic heterocycles. The molecule has 1 aromatic carbocycles. The predicted octanol–water partition coefficient (Wildman–Crippen LogP) is 3.43. The summed E-state index contributed by atoms with van der Waals surface area (Å²) in [6.07, 6.45) is 6.28. The van der Waals surface area contributed by atoms with E-state index in [-0.39, 0.29) is 0 Å². The Morgan fingerprint density at radius 2 is 2.00 bits per heavy atom. The zero-order valence-electron chi connectivity index (χ0n) is 16.9. The van der Waals surface area contributed by atoms with Gasteiger partial charge in [0.15, 0.2) is 0 Å². The number of carbonyl (C=O) groups is 1. The number of benzene rings is 1. The Balaban J connectivity index is 1.85. The number of H-pyrrole nitrogens is 1. The first-order chi connectivity index (χ1) is 14.3. The number of para-hydroxylation sites is 1. The van der Waals surface area contributed by atoms with Gasteiger partial charge in [-0.1, -0.05) is 18.2 Å². The number of rotatable bonds is 2. The van der Waals surface area contributed by atoms with Crippen LogP contribution in [0.15, 0.2) is 57.0 Å². The molecule has 3 aromatic rings. The van der Waals surface area contributed by atoms with Crippen LogP contribution in [0.25, 0.3) is 17.7 Å². The van der Waals surface area contributed by atoms with Gasteiger partial charge in [-0.25, -0.2) is 4.79 Å². The third-order valence-electron chi connectivity index (χ3n) is 4.35. The van der Waals surface area contributed by atoms with Crippen molar-refractivity contribution in [1.29, 1.82) is 0 Å². The molecule has 1 N–H and O–H groups in total. The Hall–Kier alpha value is -3.45. The molecule has 1 aliphatic heterocycles. The summed E-state index contributed by atoms with van der Waals surface area (Å²) in [5.74, 6) is 0. The van der Waals surface area contributed by atoms with Crippen LogP contribution in [-0.4, -0.2) is 27.5 Å². The molecule has 0 saturated heterocycles. The van der Waals surface area contributed by atoms with Crippen LogP contribution in [0.5, 0.6) is 0 Å². The lowest BCUT2D eigenvalue weighted by Crippen LogP contribution is -2.40. The number of thiophene rings is 1. The van der Waals surface area contributed by atoms with E-state index in [1.54, 1.807) is 39.1 Å². The fraction of sp³-hybridized carbons (Fsp3) is 0.174. The maximum absolute atomic E-state index is 13.0. The van der Waals surface area contributed by atoms with Gasteiger partial charge in [-0.05, 0) is 67.5 Å². The number of nitrogens with one attached hydrogen (secondary N) is 1. The van der Waals surface area contributed by atoms with Gasteiger partial charge in [-0.3, -0.25) is 9.79 Å². The monoisotopic (exact) mass is 419 g/mol. The molecule has 0 fully saturated rings. The van der Waals surface area contributed by atoms with Gasteiger partial charge in [0.05, 0.1) is 5.69 Å². The number of fused-ring (bicyclic) bond motifs is 1. The predicted molar refractivity (Wildman–Crippen MR) is 121 cm³/mol. The number of aromatic nitrogens is 2. The lowest BCUT2D eigenvalue weighted by Gasteiger charge is -2.19. The van der Waals surface area contributed by atoms with Crippen molar-refractivity contribution in [3.8, 4) is 0 Å². The normalized spacial score (nSPS) is 15.8. The maximum atomic E-state index is 13.0. The van der Waals surface area contributed by atoms with Crippen LogP contribution in [0.1, 0.15) is 31.9 Å². The highest BCUT2D eigenvalue weighted by Gasteiger charge is 2.21. The van der Waals surface area contributed by atoms with Crippen molar-refractivity contribution in [2.45, 2.75) is 26.4 Å². The number of imidazole rings is 1. The summed E-state index contributed by atoms with van der Waals surface area (Å²) in [5, 5.41) is 4.16. The first-order valence-corrected chi connectivity index (χ1v) is 10.4. The van der Waals surface area contributed by atoms with E-state index in [0.29, 0.717) is 10.8 Å². The van der Waals surface area contributed by atoms with Crippen LogP contribution < -0.4 is 16.4 Å². The van der Waals surface area contributed by atoms with E-state index in [1.165, 1.54) is 11.3 Å². The van der Waals surface area contributed by atoms with E-state index in [4.69, 9.17) is 4.74 Å². The maximum Gasteiger partial charge on any atom is 0.423 e. The summed E-state index contributed by atoms with van der Waals surface area (Å²) < 4.78 is 6.47. The van der Waals surface area contributed by atoms with Gasteiger partial charge < -0.3 is 9.72 Å². The largest absolute Gasteiger partial charge is 0.443 e. The summed E-state index contributed by atoms with van der Waals surface area (Å²) in [6.45, 7) is 5.29. The Morgan fingerprint density at radius 1 is 1.20 bits per heavy atom. The zero-order valence-corrected chi connectivity index (χ0v) is 17.7. The van der Waals surface area contributed by atoms with Crippen molar-refractivity contribution in [3.63, 3.8) is 0 Å². The van der Waals surface area contributed by atoms with Crippen LogP contribution in [0.4, 0.5) is 10.5 Å². The van der Waals surface area contributed by atoms with Crippen LogP contribution in [-0.2, 0) is 4.74 Å². The van der Waals surface area contributed by atoms with E-state index in [0.717, 1.165) is 27.0 Å². The van der Waals surface area contributed by atoms with E-state index in [2.05, 4.69) is 9.98 Å². The van der Waals surface area contributed by atoms with Gasteiger partial charge in [0.25, 0.3) is 5.56 Å². The van der Waals surface area contributed by atoms with Crippen LogP contribution in [0, 0.1) is 0 Å².